The molecule has 0 radical (unpaired) electrons. The minimum Gasteiger partial charge on any atom is -0.502 e. The van der Waals surface area contributed by atoms with Crippen LogP contribution < -0.4 is 15.9 Å². The van der Waals surface area contributed by atoms with Crippen LogP contribution in [0.3, 0.4) is 0 Å². The van der Waals surface area contributed by atoms with E-state index in [2.05, 4.69) is 20.2 Å². The molecule has 2 N–H and O–H groups in total. The monoisotopic (exact) mass is 820 g/mol. The van der Waals surface area contributed by atoms with Crippen LogP contribution in [0, 0.1) is 0 Å². The van der Waals surface area contributed by atoms with Crippen molar-refractivity contribution in [3.8, 4) is 22.9 Å². The van der Waals surface area contributed by atoms with E-state index in [-0.39, 0.29) is 36.6 Å². The third kappa shape index (κ3) is 8.00. The molecule has 6 aromatic heterocycles. The highest BCUT2D eigenvalue weighted by atomic mass is 32.1. The largest absolute Gasteiger partial charge is 0.502 e. The van der Waals surface area contributed by atoms with Crippen LogP contribution in [0.1, 0.15) is 59.1 Å². The number of aromatic carboxylic acids is 1. The number of aromatic hydroxyl groups is 1. The van der Waals surface area contributed by atoms with Crippen molar-refractivity contribution in [3.63, 3.8) is 0 Å². The molecular weight excluding hydrogens is 785 g/mol. The van der Waals surface area contributed by atoms with Crippen molar-refractivity contribution in [1.29, 1.82) is 0 Å². The second-order valence-corrected chi connectivity index (χ2v) is 14.4. The lowest BCUT2D eigenvalue weighted by molar-refractivity contribution is 0.0523. The minimum atomic E-state index is -1.34. The second kappa shape index (κ2) is 17.5. The number of carbonyl (C=O) groups excluding carboxylic acids is 1. The molecule has 16 nitrogen and oxygen atoms in total. The first-order valence-electron chi connectivity index (χ1n) is 18.1. The summed E-state index contributed by atoms with van der Waals surface area (Å²) in [6.07, 6.45) is 4.83. The van der Waals surface area contributed by atoms with Crippen molar-refractivity contribution in [3.05, 3.63) is 140 Å². The van der Waals surface area contributed by atoms with Gasteiger partial charge in [-0.2, -0.15) is 0 Å². The number of carboxylic acid groups (broad SMARTS) is 1. The van der Waals surface area contributed by atoms with Crippen LogP contribution in [0.5, 0.6) is 11.5 Å². The number of thiophene rings is 2. The Morgan fingerprint density at radius 3 is 1.74 bits per heavy atom. The number of ether oxygens (including phenoxy) is 2. The fourth-order valence-corrected chi connectivity index (χ4v) is 7.94. The topological polar surface area (TPSA) is 198 Å². The summed E-state index contributed by atoms with van der Waals surface area (Å²) in [6.45, 7) is 4.49. The lowest BCUT2D eigenvalue weighted by atomic mass is 10.2. The first-order valence-corrected chi connectivity index (χ1v) is 19.9. The fourth-order valence-electron chi connectivity index (χ4n) is 6.08. The van der Waals surface area contributed by atoms with Crippen molar-refractivity contribution >= 4 is 55.0 Å². The number of unbranched alkanes of at least 4 members (excludes halogenated alkanes) is 1. The molecule has 58 heavy (non-hydrogen) atoms. The van der Waals surface area contributed by atoms with E-state index >= 15 is 0 Å². The van der Waals surface area contributed by atoms with E-state index in [0.29, 0.717) is 38.7 Å². The number of nitrogens with zero attached hydrogens (tertiary/aromatic N) is 8. The SMILES string of the molecule is CCCCOc1c(C(=O)OCC)c2sccc2n(Cc2ncn(-c3ccccc3)n2)c1=O.O=C(O)c1c(O)c(=O)n(Cc2ncn(-c3ccccc3)n2)c2ccsc12. The first-order chi connectivity index (χ1) is 28.2. The number of fused-ring (bicyclic) bond motifs is 2. The van der Waals surface area contributed by atoms with Crippen LogP contribution in [0.2, 0.25) is 0 Å². The summed E-state index contributed by atoms with van der Waals surface area (Å²) in [6, 6.07) is 22.5. The number of rotatable bonds is 13. The standard InChI is InChI=1S/C23H24N4O4S.C17H12N4O4S/c1-3-5-12-31-20-19(23(29)30-4-2)21-17(11-13-32-21)26(22(20)28)14-18-24-15-27(25-18)16-9-7-6-8-10-16;22-14-13(17(24)25)15-11(6-7-26-15)20(16(14)23)8-12-18-9-21(19-12)10-4-2-1-3-5-10/h6-11,13,15H,3-5,12,14H2,1-2H3;1-7,9,22H,8H2,(H,24,25). The smallest absolute Gasteiger partial charge is 0.343 e. The fraction of sp³-hybridized carbons (Fsp3) is 0.200. The van der Waals surface area contributed by atoms with Gasteiger partial charge in [0.05, 0.1) is 58.1 Å². The molecule has 18 heteroatoms. The Kier molecular flexibility index (Phi) is 11.8. The number of pyridine rings is 2. The van der Waals surface area contributed by atoms with E-state index in [1.807, 2.05) is 79.0 Å². The minimum absolute atomic E-state index is 0.0133. The molecule has 0 aliphatic rings. The van der Waals surface area contributed by atoms with Gasteiger partial charge in [-0.3, -0.25) is 18.7 Å². The Morgan fingerprint density at radius 1 is 0.724 bits per heavy atom. The van der Waals surface area contributed by atoms with Gasteiger partial charge in [0.15, 0.2) is 17.4 Å². The van der Waals surface area contributed by atoms with Crippen LogP contribution in [-0.2, 0) is 17.8 Å². The Bertz CT molecular complexity index is 2840. The van der Waals surface area contributed by atoms with Crippen molar-refractivity contribution in [2.45, 2.75) is 39.8 Å². The Balaban J connectivity index is 0.000000180. The van der Waals surface area contributed by atoms with Gasteiger partial charge in [0.1, 0.15) is 23.8 Å². The van der Waals surface area contributed by atoms with Gasteiger partial charge >= 0.3 is 11.9 Å². The summed E-state index contributed by atoms with van der Waals surface area (Å²) in [5.74, 6) is -1.81. The summed E-state index contributed by atoms with van der Waals surface area (Å²) >= 11 is 2.52. The molecule has 0 saturated carbocycles. The number of carboxylic acids is 1. The van der Waals surface area contributed by atoms with Crippen LogP contribution in [0.4, 0.5) is 0 Å². The van der Waals surface area contributed by atoms with Gasteiger partial charge in [-0.15, -0.1) is 32.9 Å². The van der Waals surface area contributed by atoms with Crippen molar-refractivity contribution < 1.29 is 29.3 Å². The molecule has 0 bridgehead atoms. The van der Waals surface area contributed by atoms with Crippen molar-refractivity contribution in [1.82, 2.24) is 38.7 Å². The van der Waals surface area contributed by atoms with Gasteiger partial charge in [-0.1, -0.05) is 49.7 Å². The third-order valence-corrected chi connectivity index (χ3v) is 10.7. The van der Waals surface area contributed by atoms with Crippen molar-refractivity contribution in [2.75, 3.05) is 13.2 Å². The molecule has 2 aromatic carbocycles. The molecule has 8 aromatic rings. The van der Waals surface area contributed by atoms with Gasteiger partial charge in [0.25, 0.3) is 11.1 Å². The van der Waals surface area contributed by atoms with Gasteiger partial charge in [-0.25, -0.2) is 28.9 Å². The summed E-state index contributed by atoms with van der Waals surface area (Å²) < 4.78 is 18.1. The molecular formula is C40H36N8O8S2. The molecule has 0 aliphatic heterocycles. The number of hydrogen-bond acceptors (Lipinski definition) is 13. The lowest BCUT2D eigenvalue weighted by Gasteiger charge is -2.15. The molecule has 296 valence electrons. The van der Waals surface area contributed by atoms with E-state index in [1.165, 1.54) is 22.2 Å². The van der Waals surface area contributed by atoms with Crippen LogP contribution >= 0.6 is 22.7 Å². The van der Waals surface area contributed by atoms with Crippen LogP contribution in [-0.4, -0.2) is 74.0 Å². The molecule has 0 unspecified atom stereocenters. The van der Waals surface area contributed by atoms with Gasteiger partial charge in [-0.05, 0) is 60.5 Å². The molecule has 6 heterocycles. The van der Waals surface area contributed by atoms with E-state index in [0.717, 1.165) is 35.6 Å². The highest BCUT2D eigenvalue weighted by molar-refractivity contribution is 7.17. The van der Waals surface area contributed by atoms with Gasteiger partial charge in [0.2, 0.25) is 5.75 Å². The molecule has 0 saturated heterocycles. The summed E-state index contributed by atoms with van der Waals surface area (Å²) in [7, 11) is 0. The lowest BCUT2D eigenvalue weighted by Crippen LogP contribution is -2.26. The predicted molar refractivity (Wildman–Crippen MR) is 218 cm³/mol. The zero-order valence-electron chi connectivity index (χ0n) is 31.2. The van der Waals surface area contributed by atoms with Gasteiger partial charge in [0, 0.05) is 0 Å². The third-order valence-electron chi connectivity index (χ3n) is 8.83. The number of aromatic nitrogens is 8. The number of carbonyl (C=O) groups is 2. The molecule has 0 fully saturated rings. The highest BCUT2D eigenvalue weighted by Crippen LogP contribution is 2.31. The molecule has 0 aliphatic carbocycles. The number of hydrogen-bond donors (Lipinski definition) is 2. The maximum Gasteiger partial charge on any atom is 0.343 e. The molecule has 0 atom stereocenters. The number of para-hydroxylation sites is 2. The zero-order valence-corrected chi connectivity index (χ0v) is 32.9. The van der Waals surface area contributed by atoms with Crippen LogP contribution in [0.25, 0.3) is 31.8 Å². The maximum atomic E-state index is 13.5. The average Bonchev–Trinajstić information content (AvgIpc) is 4.08. The summed E-state index contributed by atoms with van der Waals surface area (Å²) in [5.41, 5.74) is 1.38. The Labute approximate surface area is 337 Å². The van der Waals surface area contributed by atoms with E-state index in [9.17, 15) is 29.4 Å². The number of benzene rings is 2. The maximum absolute atomic E-state index is 13.5. The predicted octanol–water partition coefficient (Wildman–Crippen LogP) is 6.14. The Morgan fingerprint density at radius 2 is 1.24 bits per heavy atom. The zero-order chi connectivity index (χ0) is 40.8. The second-order valence-electron chi connectivity index (χ2n) is 12.6. The van der Waals surface area contributed by atoms with Crippen molar-refractivity contribution in [2.24, 2.45) is 0 Å². The summed E-state index contributed by atoms with van der Waals surface area (Å²) in [4.78, 5) is 58.6. The normalized spacial score (nSPS) is 11.1. The molecule has 0 spiro atoms. The first kappa shape index (κ1) is 39.3. The van der Waals surface area contributed by atoms with E-state index < -0.39 is 28.8 Å². The van der Waals surface area contributed by atoms with Crippen LogP contribution in [0.15, 0.2) is 106 Å². The Hall–Kier alpha value is -6.92. The average molecular weight is 821 g/mol. The summed E-state index contributed by atoms with van der Waals surface area (Å²) in [5, 5.41) is 31.7. The number of esters is 1. The van der Waals surface area contributed by atoms with E-state index in [4.69, 9.17) is 9.47 Å². The molecule has 8 rings (SSSR count). The molecule has 0 amide bonds. The van der Waals surface area contributed by atoms with Gasteiger partial charge < -0.3 is 19.7 Å². The quantitative estimate of drug-likeness (QED) is 0.0996. The van der Waals surface area contributed by atoms with E-state index in [1.54, 1.807) is 38.6 Å². The highest BCUT2D eigenvalue weighted by Gasteiger charge is 2.26.